The van der Waals surface area contributed by atoms with Gasteiger partial charge in [-0.1, -0.05) is 12.8 Å². The molecule has 7 nitrogen and oxygen atoms in total. The van der Waals surface area contributed by atoms with Crippen molar-refractivity contribution in [2.45, 2.75) is 57.9 Å². The molecule has 2 heterocycles. The summed E-state index contributed by atoms with van der Waals surface area (Å²) in [5.74, 6) is 1.45. The molecule has 186 valence electrons. The Morgan fingerprint density at radius 3 is 2.25 bits per heavy atom. The minimum atomic E-state index is -2.26. The van der Waals surface area contributed by atoms with Crippen LogP contribution in [0.5, 0.6) is 0 Å². The molecule has 10 heteroatoms. The van der Waals surface area contributed by atoms with Crippen molar-refractivity contribution in [2.24, 2.45) is 10.9 Å². The topological polar surface area (TPSA) is 63.2 Å². The maximum absolute atomic E-state index is 12.6. The Bertz CT molecular complexity index is 575. The summed E-state index contributed by atoms with van der Waals surface area (Å²) in [7, 11) is 0. The summed E-state index contributed by atoms with van der Waals surface area (Å²) < 4.78 is 25.1. The zero-order chi connectivity index (χ0) is 22.1. The van der Waals surface area contributed by atoms with E-state index in [0.29, 0.717) is 25.5 Å². The first-order valence-electron chi connectivity index (χ1n) is 12.1. The van der Waals surface area contributed by atoms with Gasteiger partial charge in [-0.25, -0.2) is 8.78 Å². The lowest BCUT2D eigenvalue weighted by Gasteiger charge is -2.35. The molecule has 1 saturated carbocycles. The fraction of sp³-hybridized carbons (Fsp3) is 0.909. The highest BCUT2D eigenvalue weighted by molar-refractivity contribution is 14.0. The van der Waals surface area contributed by atoms with E-state index >= 15 is 0 Å². The molecule has 3 fully saturated rings. The Kier molecular flexibility index (Phi) is 12.5. The van der Waals surface area contributed by atoms with Gasteiger partial charge in [0.15, 0.2) is 5.96 Å². The molecule has 0 radical (unpaired) electrons. The van der Waals surface area contributed by atoms with E-state index in [-0.39, 0.29) is 42.5 Å². The minimum absolute atomic E-state index is 0. The number of guanidine groups is 1. The van der Waals surface area contributed by atoms with E-state index in [0.717, 1.165) is 70.9 Å². The number of rotatable bonds is 8. The largest absolute Gasteiger partial charge is 0.357 e. The second-order valence-electron chi connectivity index (χ2n) is 9.02. The van der Waals surface area contributed by atoms with E-state index in [4.69, 9.17) is 4.99 Å². The Labute approximate surface area is 208 Å². The number of carbonyl (C=O) groups is 1. The van der Waals surface area contributed by atoms with Crippen molar-refractivity contribution in [3.8, 4) is 0 Å². The molecule has 0 unspecified atom stereocenters. The molecule has 3 aliphatic rings. The summed E-state index contributed by atoms with van der Waals surface area (Å²) in [5.41, 5.74) is 0. The van der Waals surface area contributed by atoms with E-state index in [9.17, 15) is 13.6 Å². The summed E-state index contributed by atoms with van der Waals surface area (Å²) in [6.07, 6.45) is 3.99. The fourth-order valence-electron chi connectivity index (χ4n) is 4.89. The van der Waals surface area contributed by atoms with Gasteiger partial charge < -0.3 is 15.5 Å². The number of piperazine rings is 1. The molecule has 32 heavy (non-hydrogen) atoms. The predicted octanol–water partition coefficient (Wildman–Crippen LogP) is 2.22. The molecule has 1 aliphatic carbocycles. The molecule has 3 rings (SSSR count). The first-order valence-corrected chi connectivity index (χ1v) is 12.1. The van der Waals surface area contributed by atoms with E-state index in [2.05, 4.69) is 20.4 Å². The van der Waals surface area contributed by atoms with Gasteiger partial charge in [-0.15, -0.1) is 24.0 Å². The summed E-state index contributed by atoms with van der Waals surface area (Å²) in [6, 6.07) is 0.275. The lowest BCUT2D eigenvalue weighted by molar-refractivity contribution is -0.137. The van der Waals surface area contributed by atoms with Crippen LogP contribution in [0.15, 0.2) is 4.99 Å². The normalized spacial score (nSPS) is 22.2. The predicted molar refractivity (Wildman–Crippen MR) is 135 cm³/mol. The fourth-order valence-corrected chi connectivity index (χ4v) is 4.89. The second kappa shape index (κ2) is 14.5. The van der Waals surface area contributed by atoms with Crippen LogP contribution in [0.25, 0.3) is 0 Å². The van der Waals surface area contributed by atoms with Gasteiger partial charge in [-0.2, -0.15) is 0 Å². The van der Waals surface area contributed by atoms with Crippen molar-refractivity contribution < 1.29 is 13.6 Å². The highest BCUT2D eigenvalue weighted by Gasteiger charge is 2.29. The smallest absolute Gasteiger partial charge is 0.251 e. The third-order valence-corrected chi connectivity index (χ3v) is 6.74. The maximum atomic E-state index is 12.6. The van der Waals surface area contributed by atoms with Gasteiger partial charge in [0.05, 0.1) is 13.1 Å². The molecule has 2 saturated heterocycles. The highest BCUT2D eigenvalue weighted by atomic mass is 127. The minimum Gasteiger partial charge on any atom is -0.357 e. The van der Waals surface area contributed by atoms with Gasteiger partial charge in [0, 0.05) is 64.3 Å². The van der Waals surface area contributed by atoms with E-state index in [1.54, 1.807) is 0 Å². The van der Waals surface area contributed by atoms with Crippen molar-refractivity contribution in [3.05, 3.63) is 0 Å². The lowest BCUT2D eigenvalue weighted by atomic mass is 10.1. The molecule has 0 aromatic rings. The zero-order valence-corrected chi connectivity index (χ0v) is 21.7. The van der Waals surface area contributed by atoms with Crippen LogP contribution in [0.2, 0.25) is 0 Å². The third-order valence-electron chi connectivity index (χ3n) is 6.74. The van der Waals surface area contributed by atoms with Crippen LogP contribution in [0.3, 0.4) is 0 Å². The van der Waals surface area contributed by atoms with Gasteiger partial charge in [0.25, 0.3) is 6.43 Å². The number of halogens is 3. The Morgan fingerprint density at radius 1 is 1.00 bits per heavy atom. The van der Waals surface area contributed by atoms with Crippen molar-refractivity contribution in [3.63, 3.8) is 0 Å². The molecule has 2 aliphatic heterocycles. The van der Waals surface area contributed by atoms with Gasteiger partial charge in [0.1, 0.15) is 0 Å². The number of likely N-dealkylation sites (tertiary alicyclic amines) is 1. The summed E-state index contributed by atoms with van der Waals surface area (Å²) >= 11 is 0. The summed E-state index contributed by atoms with van der Waals surface area (Å²) in [5, 5.41) is 6.77. The standard InChI is InChI=1S/C22H40F2N6O.HI/c1-2-25-22(27-19-7-10-29(11-8-19)17-20(23)24)26-9-12-28-13-15-30(16-14-28)21(31)18-5-3-4-6-18;/h18-20H,2-17H2,1H3,(H2,25,26,27);1H. The number of nitrogens with one attached hydrogen (secondary N) is 2. The molecular weight excluding hydrogens is 529 g/mol. The average molecular weight is 571 g/mol. The zero-order valence-electron chi connectivity index (χ0n) is 19.4. The second-order valence-corrected chi connectivity index (χ2v) is 9.02. The number of piperidine rings is 1. The maximum Gasteiger partial charge on any atom is 0.251 e. The molecule has 1 amide bonds. The number of hydrogen-bond donors (Lipinski definition) is 2. The lowest BCUT2D eigenvalue weighted by Crippen LogP contribution is -2.51. The number of aliphatic imine (C=N–C) groups is 1. The summed E-state index contributed by atoms with van der Waals surface area (Å²) in [4.78, 5) is 23.6. The van der Waals surface area contributed by atoms with Gasteiger partial charge in [0.2, 0.25) is 5.91 Å². The molecule has 0 spiro atoms. The van der Waals surface area contributed by atoms with Gasteiger partial charge >= 0.3 is 0 Å². The van der Waals surface area contributed by atoms with Crippen molar-refractivity contribution in [1.82, 2.24) is 25.3 Å². The molecule has 0 atom stereocenters. The third kappa shape index (κ3) is 8.89. The van der Waals surface area contributed by atoms with Crippen LogP contribution in [0, 0.1) is 5.92 Å². The molecular formula is C22H41F2IN6O. The van der Waals surface area contributed by atoms with Gasteiger partial charge in [-0.05, 0) is 32.6 Å². The monoisotopic (exact) mass is 570 g/mol. The molecule has 0 aromatic heterocycles. The Balaban J connectivity index is 0.00000363. The van der Waals surface area contributed by atoms with Crippen LogP contribution in [-0.4, -0.2) is 104 Å². The average Bonchev–Trinajstić information content (AvgIpc) is 3.30. The Morgan fingerprint density at radius 2 is 1.66 bits per heavy atom. The van der Waals surface area contributed by atoms with Crippen molar-refractivity contribution in [2.75, 3.05) is 65.4 Å². The molecule has 0 aromatic carbocycles. The first-order chi connectivity index (χ1) is 15.0. The van der Waals surface area contributed by atoms with Crippen LogP contribution in [0.1, 0.15) is 45.4 Å². The summed E-state index contributed by atoms with van der Waals surface area (Å²) in [6.45, 7) is 9.19. The highest BCUT2D eigenvalue weighted by Crippen LogP contribution is 2.26. The number of alkyl halides is 2. The van der Waals surface area contributed by atoms with Crippen LogP contribution in [-0.2, 0) is 4.79 Å². The van der Waals surface area contributed by atoms with E-state index in [1.165, 1.54) is 12.8 Å². The number of hydrogen-bond acceptors (Lipinski definition) is 4. The van der Waals surface area contributed by atoms with Crippen LogP contribution < -0.4 is 10.6 Å². The first kappa shape index (κ1) is 27.5. The van der Waals surface area contributed by atoms with E-state index < -0.39 is 6.43 Å². The number of carbonyl (C=O) groups excluding carboxylic acids is 1. The van der Waals surface area contributed by atoms with Crippen LogP contribution in [0.4, 0.5) is 8.78 Å². The molecule has 2 N–H and O–H groups in total. The van der Waals surface area contributed by atoms with Crippen molar-refractivity contribution >= 4 is 35.8 Å². The van der Waals surface area contributed by atoms with E-state index in [1.807, 2.05) is 11.8 Å². The Hall–Kier alpha value is -0.750. The molecule has 0 bridgehead atoms. The number of nitrogens with zero attached hydrogens (tertiary/aromatic N) is 4. The quantitative estimate of drug-likeness (QED) is 0.267. The van der Waals surface area contributed by atoms with Crippen molar-refractivity contribution in [1.29, 1.82) is 0 Å². The van der Waals surface area contributed by atoms with Crippen LogP contribution >= 0.6 is 24.0 Å². The van der Waals surface area contributed by atoms with Gasteiger partial charge in [-0.3, -0.25) is 19.6 Å². The number of amides is 1. The SMILES string of the molecule is CCNC(=NCCN1CCN(C(=O)C2CCCC2)CC1)NC1CCN(CC(F)F)CC1.I.